The van der Waals surface area contributed by atoms with Crippen molar-refractivity contribution in [3.63, 3.8) is 0 Å². The fourth-order valence-corrected chi connectivity index (χ4v) is 2.41. The molecule has 2 aromatic rings. The highest BCUT2D eigenvalue weighted by molar-refractivity contribution is 9.10. The molecule has 0 aliphatic rings. The van der Waals surface area contributed by atoms with Crippen molar-refractivity contribution in [3.8, 4) is 11.5 Å². The zero-order valence-electron chi connectivity index (χ0n) is 10.7. The number of rotatable bonds is 3. The van der Waals surface area contributed by atoms with Crippen molar-refractivity contribution in [2.45, 2.75) is 20.0 Å². The Balaban J connectivity index is 2.29. The van der Waals surface area contributed by atoms with Crippen LogP contribution in [0.2, 0.25) is 0 Å². The summed E-state index contributed by atoms with van der Waals surface area (Å²) in [5, 5.41) is 9.55. The van der Waals surface area contributed by atoms with Crippen LogP contribution < -0.4 is 4.74 Å². The van der Waals surface area contributed by atoms with Gasteiger partial charge in [0.05, 0.1) is 6.10 Å². The predicted octanol–water partition coefficient (Wildman–Crippen LogP) is 4.74. The van der Waals surface area contributed by atoms with E-state index in [1.54, 1.807) is 31.2 Å². The number of aliphatic hydroxyl groups excluding tert-OH is 1. The molecule has 0 aliphatic carbocycles. The Bertz CT molecular complexity index is 597. The van der Waals surface area contributed by atoms with E-state index in [9.17, 15) is 9.50 Å². The summed E-state index contributed by atoms with van der Waals surface area (Å²) in [4.78, 5) is 0. The molecule has 2 nitrogen and oxygen atoms in total. The SMILES string of the molecule is Cc1ccc(F)cc1Oc1ccc(C(C)O)c(Br)c1. The maximum Gasteiger partial charge on any atom is 0.133 e. The summed E-state index contributed by atoms with van der Waals surface area (Å²) < 4.78 is 19.6. The summed E-state index contributed by atoms with van der Waals surface area (Å²) in [5.74, 6) is 0.738. The molecule has 0 aromatic heterocycles. The number of aliphatic hydroxyl groups is 1. The second kappa shape index (κ2) is 5.72. The summed E-state index contributed by atoms with van der Waals surface area (Å²) in [6.07, 6.45) is -0.556. The third kappa shape index (κ3) is 3.33. The van der Waals surface area contributed by atoms with Gasteiger partial charge in [-0.2, -0.15) is 0 Å². The first-order chi connectivity index (χ1) is 8.97. The molecule has 0 saturated heterocycles. The molecule has 19 heavy (non-hydrogen) atoms. The third-order valence-electron chi connectivity index (χ3n) is 2.80. The second-order valence-corrected chi connectivity index (χ2v) is 5.23. The Labute approximate surface area is 120 Å². The van der Waals surface area contributed by atoms with E-state index in [0.29, 0.717) is 11.5 Å². The molecule has 2 rings (SSSR count). The largest absolute Gasteiger partial charge is 0.457 e. The van der Waals surface area contributed by atoms with Crippen LogP contribution >= 0.6 is 15.9 Å². The fraction of sp³-hybridized carbons (Fsp3) is 0.200. The lowest BCUT2D eigenvalue weighted by molar-refractivity contribution is 0.198. The van der Waals surface area contributed by atoms with E-state index in [2.05, 4.69) is 15.9 Å². The van der Waals surface area contributed by atoms with Crippen LogP contribution in [0.3, 0.4) is 0 Å². The molecule has 0 bridgehead atoms. The van der Waals surface area contributed by atoms with Gasteiger partial charge in [0.15, 0.2) is 0 Å². The minimum atomic E-state index is -0.556. The van der Waals surface area contributed by atoms with Crippen LogP contribution in [0.5, 0.6) is 11.5 Å². The summed E-state index contributed by atoms with van der Waals surface area (Å²) >= 11 is 3.38. The van der Waals surface area contributed by atoms with Gasteiger partial charge in [0.1, 0.15) is 17.3 Å². The average Bonchev–Trinajstić information content (AvgIpc) is 2.33. The van der Waals surface area contributed by atoms with Gasteiger partial charge >= 0.3 is 0 Å². The summed E-state index contributed by atoms with van der Waals surface area (Å²) in [7, 11) is 0. The number of aryl methyl sites for hydroxylation is 1. The van der Waals surface area contributed by atoms with Crippen molar-refractivity contribution in [1.29, 1.82) is 0 Å². The predicted molar refractivity (Wildman–Crippen MR) is 76.0 cm³/mol. The van der Waals surface area contributed by atoms with Crippen LogP contribution in [-0.2, 0) is 0 Å². The molecule has 4 heteroatoms. The Kier molecular flexibility index (Phi) is 4.22. The van der Waals surface area contributed by atoms with E-state index in [1.807, 2.05) is 6.92 Å². The van der Waals surface area contributed by atoms with E-state index in [1.165, 1.54) is 12.1 Å². The second-order valence-electron chi connectivity index (χ2n) is 4.37. The molecule has 0 aliphatic heterocycles. The molecule has 1 atom stereocenters. The molecule has 0 heterocycles. The van der Waals surface area contributed by atoms with Crippen LogP contribution in [0.25, 0.3) is 0 Å². The van der Waals surface area contributed by atoms with Gasteiger partial charge in [-0.1, -0.05) is 28.1 Å². The number of hydrogen-bond acceptors (Lipinski definition) is 2. The Morgan fingerprint density at radius 3 is 2.58 bits per heavy atom. The number of ether oxygens (including phenoxy) is 1. The van der Waals surface area contributed by atoms with Gasteiger partial charge in [-0.05, 0) is 43.2 Å². The molecule has 100 valence electrons. The Morgan fingerprint density at radius 2 is 1.95 bits per heavy atom. The molecule has 2 aromatic carbocycles. The van der Waals surface area contributed by atoms with Crippen LogP contribution in [0.4, 0.5) is 4.39 Å². The van der Waals surface area contributed by atoms with Crippen LogP contribution in [0, 0.1) is 12.7 Å². The first-order valence-electron chi connectivity index (χ1n) is 5.89. The van der Waals surface area contributed by atoms with Crippen LogP contribution in [0.15, 0.2) is 40.9 Å². The molecule has 0 spiro atoms. The normalized spacial score (nSPS) is 12.3. The topological polar surface area (TPSA) is 29.5 Å². The van der Waals surface area contributed by atoms with Crippen molar-refractivity contribution < 1.29 is 14.2 Å². The average molecular weight is 325 g/mol. The van der Waals surface area contributed by atoms with Gasteiger partial charge < -0.3 is 9.84 Å². The number of halogens is 2. The van der Waals surface area contributed by atoms with Gasteiger partial charge in [-0.25, -0.2) is 4.39 Å². The highest BCUT2D eigenvalue weighted by Crippen LogP contribution is 2.31. The van der Waals surface area contributed by atoms with Crippen molar-refractivity contribution >= 4 is 15.9 Å². The van der Waals surface area contributed by atoms with E-state index >= 15 is 0 Å². The lowest BCUT2D eigenvalue weighted by Gasteiger charge is -2.12. The Morgan fingerprint density at radius 1 is 1.21 bits per heavy atom. The van der Waals surface area contributed by atoms with E-state index in [-0.39, 0.29) is 5.82 Å². The molecule has 1 N–H and O–H groups in total. The zero-order chi connectivity index (χ0) is 14.0. The zero-order valence-corrected chi connectivity index (χ0v) is 12.2. The maximum absolute atomic E-state index is 13.2. The van der Waals surface area contributed by atoms with Crippen molar-refractivity contribution in [1.82, 2.24) is 0 Å². The minimum Gasteiger partial charge on any atom is -0.457 e. The molecule has 1 unspecified atom stereocenters. The van der Waals surface area contributed by atoms with Crippen molar-refractivity contribution in [2.75, 3.05) is 0 Å². The summed E-state index contributed by atoms with van der Waals surface area (Å²) in [5.41, 5.74) is 1.64. The quantitative estimate of drug-likeness (QED) is 0.883. The molecule has 0 amide bonds. The van der Waals surface area contributed by atoms with Crippen LogP contribution in [0.1, 0.15) is 24.2 Å². The van der Waals surface area contributed by atoms with Gasteiger partial charge in [-0.15, -0.1) is 0 Å². The van der Waals surface area contributed by atoms with Crippen molar-refractivity contribution in [3.05, 3.63) is 57.8 Å². The minimum absolute atomic E-state index is 0.333. The lowest BCUT2D eigenvalue weighted by Crippen LogP contribution is -1.94. The summed E-state index contributed by atoms with van der Waals surface area (Å²) in [6.45, 7) is 3.55. The first kappa shape index (κ1) is 14.0. The monoisotopic (exact) mass is 324 g/mol. The van der Waals surface area contributed by atoms with E-state index in [4.69, 9.17) is 4.74 Å². The summed E-state index contributed by atoms with van der Waals surface area (Å²) in [6, 6.07) is 9.70. The van der Waals surface area contributed by atoms with Gasteiger partial charge in [0.25, 0.3) is 0 Å². The Hall–Kier alpha value is -1.39. The molecule has 0 saturated carbocycles. The van der Waals surface area contributed by atoms with Gasteiger partial charge in [-0.3, -0.25) is 0 Å². The first-order valence-corrected chi connectivity index (χ1v) is 6.68. The van der Waals surface area contributed by atoms with Gasteiger partial charge in [0, 0.05) is 10.5 Å². The third-order valence-corrected chi connectivity index (χ3v) is 3.49. The lowest BCUT2D eigenvalue weighted by atomic mass is 10.1. The molecule has 0 radical (unpaired) electrons. The molecular formula is C15H14BrFO2. The smallest absolute Gasteiger partial charge is 0.133 e. The standard InChI is InChI=1S/C15H14BrFO2/c1-9-3-4-11(17)7-15(9)19-12-5-6-13(10(2)18)14(16)8-12/h3-8,10,18H,1-2H3. The number of hydrogen-bond donors (Lipinski definition) is 1. The highest BCUT2D eigenvalue weighted by Gasteiger charge is 2.09. The molecule has 0 fully saturated rings. The molecular weight excluding hydrogens is 311 g/mol. The van der Waals surface area contributed by atoms with Gasteiger partial charge in [0.2, 0.25) is 0 Å². The number of benzene rings is 2. The van der Waals surface area contributed by atoms with Crippen molar-refractivity contribution in [2.24, 2.45) is 0 Å². The van der Waals surface area contributed by atoms with E-state index in [0.717, 1.165) is 15.6 Å². The van der Waals surface area contributed by atoms with E-state index < -0.39 is 6.10 Å². The fourth-order valence-electron chi connectivity index (χ4n) is 1.72. The highest BCUT2D eigenvalue weighted by atomic mass is 79.9. The maximum atomic E-state index is 13.2. The van der Waals surface area contributed by atoms with Crippen LogP contribution in [-0.4, -0.2) is 5.11 Å².